The van der Waals surface area contributed by atoms with Gasteiger partial charge in [-0.05, 0) is 31.4 Å². The molecular weight excluding hydrogens is 302 g/mol. The van der Waals surface area contributed by atoms with E-state index in [1.165, 1.54) is 6.42 Å². The molecule has 130 valence electrons. The number of imidazole rings is 1. The Bertz CT molecular complexity index is 689. The standard InChI is InChI=1S/C19H27N3O2/c1-3-18-20-16-9-4-5-10-17(16)22(18)12-11-19(23)21(2)14-15-8-6-7-13-24-15/h4-5,9-10,15H,3,6-8,11-14H2,1-2H3. The Morgan fingerprint density at radius 2 is 2.21 bits per heavy atom. The molecule has 0 aliphatic carbocycles. The molecule has 1 amide bonds. The zero-order valence-corrected chi connectivity index (χ0v) is 14.7. The molecule has 5 nitrogen and oxygen atoms in total. The van der Waals surface area contributed by atoms with Gasteiger partial charge in [0.05, 0.1) is 17.1 Å². The smallest absolute Gasteiger partial charge is 0.224 e. The van der Waals surface area contributed by atoms with Crippen molar-refractivity contribution in [1.82, 2.24) is 14.5 Å². The van der Waals surface area contributed by atoms with E-state index in [1.807, 2.05) is 30.1 Å². The largest absolute Gasteiger partial charge is 0.376 e. The first kappa shape index (κ1) is 17.0. The Morgan fingerprint density at radius 3 is 2.96 bits per heavy atom. The van der Waals surface area contributed by atoms with Crippen LogP contribution < -0.4 is 0 Å². The third kappa shape index (κ3) is 3.78. The van der Waals surface area contributed by atoms with Crippen molar-refractivity contribution in [2.75, 3.05) is 20.2 Å². The van der Waals surface area contributed by atoms with Crippen molar-refractivity contribution in [3.63, 3.8) is 0 Å². The van der Waals surface area contributed by atoms with Crippen LogP contribution in [0.1, 0.15) is 38.4 Å². The fourth-order valence-electron chi connectivity index (χ4n) is 3.40. The number of likely N-dealkylation sites (N-methyl/N-ethyl adjacent to an activating group) is 1. The van der Waals surface area contributed by atoms with Gasteiger partial charge in [-0.25, -0.2) is 4.98 Å². The summed E-state index contributed by atoms with van der Waals surface area (Å²) in [6, 6.07) is 8.13. The number of fused-ring (bicyclic) bond motifs is 1. The molecule has 0 bridgehead atoms. The summed E-state index contributed by atoms with van der Waals surface area (Å²) in [6.07, 6.45) is 4.97. The molecular formula is C19H27N3O2. The molecule has 0 N–H and O–H groups in total. The topological polar surface area (TPSA) is 47.4 Å². The van der Waals surface area contributed by atoms with E-state index in [9.17, 15) is 4.79 Å². The van der Waals surface area contributed by atoms with E-state index in [-0.39, 0.29) is 12.0 Å². The lowest BCUT2D eigenvalue weighted by atomic mass is 10.1. The van der Waals surface area contributed by atoms with Crippen molar-refractivity contribution in [1.29, 1.82) is 0 Å². The zero-order chi connectivity index (χ0) is 16.9. The third-order valence-corrected chi connectivity index (χ3v) is 4.78. The number of carbonyl (C=O) groups excluding carboxylic acids is 1. The lowest BCUT2D eigenvalue weighted by molar-refractivity contribution is -0.132. The predicted octanol–water partition coefficient (Wildman–Crippen LogP) is 3.02. The van der Waals surface area contributed by atoms with Gasteiger partial charge < -0.3 is 14.2 Å². The molecule has 1 atom stereocenters. The highest BCUT2D eigenvalue weighted by molar-refractivity contribution is 5.78. The molecule has 2 heterocycles. The minimum atomic E-state index is 0.170. The van der Waals surface area contributed by atoms with Crippen LogP contribution in [0, 0.1) is 0 Å². The van der Waals surface area contributed by atoms with Crippen LogP contribution in [0.2, 0.25) is 0 Å². The van der Waals surface area contributed by atoms with Gasteiger partial charge in [0, 0.05) is 39.6 Å². The van der Waals surface area contributed by atoms with Crippen LogP contribution >= 0.6 is 0 Å². The van der Waals surface area contributed by atoms with E-state index < -0.39 is 0 Å². The number of para-hydroxylation sites is 2. The number of amides is 1. The number of rotatable bonds is 6. The number of ether oxygens (including phenoxy) is 1. The molecule has 1 unspecified atom stereocenters. The van der Waals surface area contributed by atoms with Crippen molar-refractivity contribution in [2.45, 2.75) is 51.7 Å². The number of benzene rings is 1. The highest BCUT2D eigenvalue weighted by atomic mass is 16.5. The Hall–Kier alpha value is -1.88. The fraction of sp³-hybridized carbons (Fsp3) is 0.579. The van der Waals surface area contributed by atoms with Crippen molar-refractivity contribution >= 4 is 16.9 Å². The number of nitrogens with zero attached hydrogens (tertiary/aromatic N) is 3. The second-order valence-corrected chi connectivity index (χ2v) is 6.53. The van der Waals surface area contributed by atoms with E-state index in [2.05, 4.69) is 22.5 Å². The summed E-state index contributed by atoms with van der Waals surface area (Å²) in [7, 11) is 1.88. The van der Waals surface area contributed by atoms with E-state index in [4.69, 9.17) is 4.74 Å². The molecule has 0 saturated carbocycles. The van der Waals surface area contributed by atoms with E-state index in [0.29, 0.717) is 19.5 Å². The lowest BCUT2D eigenvalue weighted by Gasteiger charge is -2.27. The number of aromatic nitrogens is 2. The Morgan fingerprint density at radius 1 is 1.38 bits per heavy atom. The molecule has 24 heavy (non-hydrogen) atoms. The second kappa shape index (κ2) is 7.79. The molecule has 1 aromatic heterocycles. The quantitative estimate of drug-likeness (QED) is 0.818. The van der Waals surface area contributed by atoms with Crippen LogP contribution in [0.5, 0.6) is 0 Å². The number of hydrogen-bond donors (Lipinski definition) is 0. The monoisotopic (exact) mass is 329 g/mol. The maximum Gasteiger partial charge on any atom is 0.224 e. The molecule has 0 spiro atoms. The SMILES string of the molecule is CCc1nc2ccccc2n1CCC(=O)N(C)CC1CCCCO1. The summed E-state index contributed by atoms with van der Waals surface area (Å²) in [5.41, 5.74) is 2.12. The molecule has 5 heteroatoms. The van der Waals surface area contributed by atoms with Gasteiger partial charge in [-0.1, -0.05) is 19.1 Å². The highest BCUT2D eigenvalue weighted by Gasteiger charge is 2.19. The predicted molar refractivity (Wildman–Crippen MR) is 95.0 cm³/mol. The van der Waals surface area contributed by atoms with Gasteiger partial charge >= 0.3 is 0 Å². The van der Waals surface area contributed by atoms with Crippen molar-refractivity contribution < 1.29 is 9.53 Å². The first-order valence-corrected chi connectivity index (χ1v) is 8.98. The van der Waals surface area contributed by atoms with E-state index in [1.54, 1.807) is 0 Å². The normalized spacial score (nSPS) is 18.0. The summed E-state index contributed by atoms with van der Waals surface area (Å²) in [5, 5.41) is 0. The molecule has 1 aliphatic rings. The zero-order valence-electron chi connectivity index (χ0n) is 14.7. The first-order chi connectivity index (χ1) is 11.7. The van der Waals surface area contributed by atoms with Crippen LogP contribution in [0.15, 0.2) is 24.3 Å². The van der Waals surface area contributed by atoms with Crippen LogP contribution in [0.25, 0.3) is 11.0 Å². The minimum absolute atomic E-state index is 0.170. The molecule has 1 aromatic carbocycles. The maximum atomic E-state index is 12.5. The molecule has 0 radical (unpaired) electrons. The van der Waals surface area contributed by atoms with Gasteiger partial charge in [-0.2, -0.15) is 0 Å². The van der Waals surface area contributed by atoms with Gasteiger partial charge in [0.2, 0.25) is 5.91 Å². The summed E-state index contributed by atoms with van der Waals surface area (Å²) < 4.78 is 7.91. The van der Waals surface area contributed by atoms with E-state index in [0.717, 1.165) is 42.7 Å². The lowest BCUT2D eigenvalue weighted by Crippen LogP contribution is -2.37. The number of aryl methyl sites for hydroxylation is 2. The molecule has 2 aromatic rings. The molecule has 1 fully saturated rings. The second-order valence-electron chi connectivity index (χ2n) is 6.53. The minimum Gasteiger partial charge on any atom is -0.376 e. The fourth-order valence-corrected chi connectivity index (χ4v) is 3.40. The maximum absolute atomic E-state index is 12.5. The summed E-state index contributed by atoms with van der Waals surface area (Å²) >= 11 is 0. The Balaban J connectivity index is 1.61. The molecule has 1 aliphatic heterocycles. The van der Waals surface area contributed by atoms with Crippen LogP contribution in [-0.4, -0.2) is 46.7 Å². The third-order valence-electron chi connectivity index (χ3n) is 4.78. The van der Waals surface area contributed by atoms with Crippen LogP contribution in [0.4, 0.5) is 0 Å². The van der Waals surface area contributed by atoms with Gasteiger partial charge in [-0.3, -0.25) is 4.79 Å². The van der Waals surface area contributed by atoms with Crippen molar-refractivity contribution in [3.05, 3.63) is 30.1 Å². The average molecular weight is 329 g/mol. The number of carbonyl (C=O) groups is 1. The van der Waals surface area contributed by atoms with Crippen LogP contribution in [-0.2, 0) is 22.5 Å². The van der Waals surface area contributed by atoms with E-state index >= 15 is 0 Å². The Labute approximate surface area is 143 Å². The molecule has 3 rings (SSSR count). The highest BCUT2D eigenvalue weighted by Crippen LogP contribution is 2.18. The first-order valence-electron chi connectivity index (χ1n) is 8.98. The summed E-state index contributed by atoms with van der Waals surface area (Å²) in [6.45, 7) is 4.31. The Kier molecular flexibility index (Phi) is 5.51. The number of hydrogen-bond acceptors (Lipinski definition) is 3. The van der Waals surface area contributed by atoms with Crippen molar-refractivity contribution in [2.24, 2.45) is 0 Å². The van der Waals surface area contributed by atoms with Gasteiger partial charge in [0.25, 0.3) is 0 Å². The summed E-state index contributed by atoms with van der Waals surface area (Å²) in [4.78, 5) is 19.0. The van der Waals surface area contributed by atoms with Crippen LogP contribution in [0.3, 0.4) is 0 Å². The van der Waals surface area contributed by atoms with Gasteiger partial charge in [-0.15, -0.1) is 0 Å². The van der Waals surface area contributed by atoms with Gasteiger partial charge in [0.1, 0.15) is 5.82 Å². The molecule has 1 saturated heterocycles. The van der Waals surface area contributed by atoms with Crippen molar-refractivity contribution in [3.8, 4) is 0 Å². The van der Waals surface area contributed by atoms with Gasteiger partial charge in [0.15, 0.2) is 0 Å². The average Bonchev–Trinajstić information content (AvgIpc) is 2.98. The summed E-state index contributed by atoms with van der Waals surface area (Å²) in [5.74, 6) is 1.21.